The molecule has 0 aliphatic carbocycles. The molecule has 1 saturated heterocycles. The molecule has 0 bridgehead atoms. The van der Waals surface area contributed by atoms with Crippen LogP contribution in [0.5, 0.6) is 0 Å². The minimum atomic E-state index is -1.01. The molecule has 0 spiro atoms. The number of nitrogen functional groups attached to an aromatic ring is 1. The van der Waals surface area contributed by atoms with Gasteiger partial charge in [-0.2, -0.15) is 0 Å². The van der Waals surface area contributed by atoms with Gasteiger partial charge in [-0.05, 0) is 38.0 Å². The van der Waals surface area contributed by atoms with E-state index in [0.717, 1.165) is 24.3 Å². The molecule has 1 atom stereocenters. The highest BCUT2D eigenvalue weighted by Gasteiger charge is 2.29. The molecule has 1 fully saturated rings. The Kier molecular flexibility index (Phi) is 3.17. The van der Waals surface area contributed by atoms with Gasteiger partial charge in [0.2, 0.25) is 0 Å². The zero-order valence-electron chi connectivity index (χ0n) is 10.6. The fourth-order valence-corrected chi connectivity index (χ4v) is 2.16. The zero-order chi connectivity index (χ0) is 13.3. The largest absolute Gasteiger partial charge is 0.478 e. The first kappa shape index (κ1) is 12.7. The SMILES string of the molecule is Cc1cc(NC2(C)CCOC2)cc(C(=O)O)c1N. The molecule has 1 unspecified atom stereocenters. The molecule has 1 aromatic rings. The summed E-state index contributed by atoms with van der Waals surface area (Å²) < 4.78 is 5.36. The van der Waals surface area contributed by atoms with Crippen LogP contribution in [0.3, 0.4) is 0 Å². The summed E-state index contributed by atoms with van der Waals surface area (Å²) in [7, 11) is 0. The highest BCUT2D eigenvalue weighted by molar-refractivity contribution is 5.95. The number of anilines is 2. The van der Waals surface area contributed by atoms with Crippen LogP contribution >= 0.6 is 0 Å². The van der Waals surface area contributed by atoms with E-state index in [4.69, 9.17) is 15.6 Å². The number of hydrogen-bond acceptors (Lipinski definition) is 4. The summed E-state index contributed by atoms with van der Waals surface area (Å²) in [5.74, 6) is -1.01. The van der Waals surface area contributed by atoms with Gasteiger partial charge in [-0.25, -0.2) is 4.79 Å². The predicted octanol–water partition coefficient (Wildman–Crippen LogP) is 1.87. The standard InChI is InChI=1S/C13H18N2O3/c1-8-5-9(6-10(11(8)14)12(16)17)15-13(2)3-4-18-7-13/h5-6,15H,3-4,7,14H2,1-2H3,(H,16,17). The lowest BCUT2D eigenvalue weighted by molar-refractivity contribution is 0.0698. The fourth-order valence-electron chi connectivity index (χ4n) is 2.16. The molecule has 0 amide bonds. The van der Waals surface area contributed by atoms with Crippen LogP contribution in [0.2, 0.25) is 0 Å². The number of nitrogens with one attached hydrogen (secondary N) is 1. The van der Waals surface area contributed by atoms with Crippen molar-refractivity contribution in [1.82, 2.24) is 0 Å². The summed E-state index contributed by atoms with van der Waals surface area (Å²) in [6.07, 6.45) is 0.902. The van der Waals surface area contributed by atoms with E-state index in [-0.39, 0.29) is 11.1 Å². The molecule has 4 N–H and O–H groups in total. The van der Waals surface area contributed by atoms with Gasteiger partial charge in [0, 0.05) is 18.0 Å². The summed E-state index contributed by atoms with van der Waals surface area (Å²) >= 11 is 0. The third kappa shape index (κ3) is 2.41. The van der Waals surface area contributed by atoms with E-state index in [1.165, 1.54) is 0 Å². The molecular formula is C13H18N2O3. The molecule has 18 heavy (non-hydrogen) atoms. The first-order valence-corrected chi connectivity index (χ1v) is 5.91. The van der Waals surface area contributed by atoms with E-state index in [9.17, 15) is 4.79 Å². The highest BCUT2D eigenvalue weighted by Crippen LogP contribution is 2.28. The molecule has 2 rings (SSSR count). The molecule has 1 aromatic carbocycles. The maximum Gasteiger partial charge on any atom is 0.337 e. The number of aromatic carboxylic acids is 1. The third-order valence-corrected chi connectivity index (χ3v) is 3.28. The number of rotatable bonds is 3. The number of carboxylic acids is 1. The van der Waals surface area contributed by atoms with Gasteiger partial charge in [0.05, 0.1) is 17.7 Å². The Labute approximate surface area is 106 Å². The average molecular weight is 250 g/mol. The monoisotopic (exact) mass is 250 g/mol. The third-order valence-electron chi connectivity index (χ3n) is 3.28. The molecule has 98 valence electrons. The summed E-state index contributed by atoms with van der Waals surface area (Å²) in [6, 6.07) is 3.44. The Hall–Kier alpha value is -1.75. The van der Waals surface area contributed by atoms with Crippen molar-refractivity contribution in [2.45, 2.75) is 25.8 Å². The Morgan fingerprint density at radius 1 is 1.56 bits per heavy atom. The second-order valence-corrected chi connectivity index (χ2v) is 5.05. The van der Waals surface area contributed by atoms with Gasteiger partial charge >= 0.3 is 5.97 Å². The van der Waals surface area contributed by atoms with Gasteiger partial charge in [-0.1, -0.05) is 0 Å². The van der Waals surface area contributed by atoms with Gasteiger partial charge in [0.15, 0.2) is 0 Å². The van der Waals surface area contributed by atoms with Crippen molar-refractivity contribution in [2.75, 3.05) is 24.3 Å². The lowest BCUT2D eigenvalue weighted by Gasteiger charge is -2.25. The van der Waals surface area contributed by atoms with Gasteiger partial charge in [-0.3, -0.25) is 0 Å². The van der Waals surface area contributed by atoms with Crippen LogP contribution < -0.4 is 11.1 Å². The number of nitrogens with two attached hydrogens (primary N) is 1. The van der Waals surface area contributed by atoms with Crippen LogP contribution in [0.15, 0.2) is 12.1 Å². The number of carboxylic acid groups (broad SMARTS) is 1. The van der Waals surface area contributed by atoms with Crippen LogP contribution in [0.4, 0.5) is 11.4 Å². The maximum absolute atomic E-state index is 11.1. The van der Waals surface area contributed by atoms with Crippen molar-refractivity contribution in [3.05, 3.63) is 23.3 Å². The molecule has 1 aliphatic heterocycles. The normalized spacial score (nSPS) is 23.0. The average Bonchev–Trinajstić information content (AvgIpc) is 2.69. The van der Waals surface area contributed by atoms with E-state index >= 15 is 0 Å². The Balaban J connectivity index is 2.31. The second-order valence-electron chi connectivity index (χ2n) is 5.05. The molecule has 5 heteroatoms. The number of carbonyl (C=O) groups is 1. The van der Waals surface area contributed by atoms with Crippen LogP contribution in [0.25, 0.3) is 0 Å². The van der Waals surface area contributed by atoms with Crippen molar-refractivity contribution < 1.29 is 14.6 Å². The summed E-state index contributed by atoms with van der Waals surface area (Å²) in [5.41, 5.74) is 7.61. The minimum absolute atomic E-state index is 0.139. The smallest absolute Gasteiger partial charge is 0.337 e. The molecule has 1 aliphatic rings. The first-order valence-electron chi connectivity index (χ1n) is 5.91. The van der Waals surface area contributed by atoms with Crippen molar-refractivity contribution in [3.63, 3.8) is 0 Å². The number of hydrogen-bond donors (Lipinski definition) is 3. The van der Waals surface area contributed by atoms with Crippen LogP contribution in [-0.2, 0) is 4.74 Å². The Morgan fingerprint density at radius 2 is 2.28 bits per heavy atom. The van der Waals surface area contributed by atoms with Crippen molar-refractivity contribution in [3.8, 4) is 0 Å². The molecule has 1 heterocycles. The molecule has 0 aromatic heterocycles. The lowest BCUT2D eigenvalue weighted by Crippen LogP contribution is -2.35. The first-order chi connectivity index (χ1) is 8.41. The van der Waals surface area contributed by atoms with Crippen LogP contribution in [0, 0.1) is 6.92 Å². The quantitative estimate of drug-likeness (QED) is 0.713. The van der Waals surface area contributed by atoms with Crippen LogP contribution in [0.1, 0.15) is 29.3 Å². The van der Waals surface area contributed by atoms with Crippen molar-refractivity contribution in [2.24, 2.45) is 0 Å². The van der Waals surface area contributed by atoms with Gasteiger partial charge in [-0.15, -0.1) is 0 Å². The van der Waals surface area contributed by atoms with E-state index in [1.54, 1.807) is 13.0 Å². The molecule has 0 saturated carbocycles. The van der Waals surface area contributed by atoms with Gasteiger partial charge in [0.25, 0.3) is 0 Å². The second kappa shape index (κ2) is 4.49. The molecule has 0 radical (unpaired) electrons. The Morgan fingerprint density at radius 3 is 2.83 bits per heavy atom. The van der Waals surface area contributed by atoms with Crippen molar-refractivity contribution >= 4 is 17.3 Å². The maximum atomic E-state index is 11.1. The van der Waals surface area contributed by atoms with E-state index in [1.807, 2.05) is 6.07 Å². The predicted molar refractivity (Wildman–Crippen MR) is 70.0 cm³/mol. The molecule has 5 nitrogen and oxygen atoms in total. The number of aryl methyl sites for hydroxylation is 1. The van der Waals surface area contributed by atoms with E-state index < -0.39 is 5.97 Å². The minimum Gasteiger partial charge on any atom is -0.478 e. The van der Waals surface area contributed by atoms with Crippen LogP contribution in [-0.4, -0.2) is 29.8 Å². The topological polar surface area (TPSA) is 84.6 Å². The van der Waals surface area contributed by atoms with Crippen molar-refractivity contribution in [1.29, 1.82) is 0 Å². The summed E-state index contributed by atoms with van der Waals surface area (Å²) in [4.78, 5) is 11.1. The fraction of sp³-hybridized carbons (Fsp3) is 0.462. The van der Waals surface area contributed by atoms with Gasteiger partial charge < -0.3 is 20.9 Å². The van der Waals surface area contributed by atoms with Gasteiger partial charge in [0.1, 0.15) is 0 Å². The van der Waals surface area contributed by atoms with E-state index in [0.29, 0.717) is 12.3 Å². The number of benzene rings is 1. The highest BCUT2D eigenvalue weighted by atomic mass is 16.5. The number of ether oxygens (including phenoxy) is 1. The van der Waals surface area contributed by atoms with E-state index in [2.05, 4.69) is 12.2 Å². The lowest BCUT2D eigenvalue weighted by atomic mass is 10.00. The summed E-state index contributed by atoms with van der Waals surface area (Å²) in [5, 5.41) is 12.4. The Bertz CT molecular complexity index is 479. The molecular weight excluding hydrogens is 232 g/mol. The zero-order valence-corrected chi connectivity index (χ0v) is 10.6. The summed E-state index contributed by atoms with van der Waals surface area (Å²) in [6.45, 7) is 5.22.